The third kappa shape index (κ3) is 4.41. The lowest BCUT2D eigenvalue weighted by atomic mass is 9.89. The van der Waals surface area contributed by atoms with Crippen LogP contribution in [0.15, 0.2) is 36.7 Å². The molecule has 1 aliphatic heterocycles. The smallest absolute Gasteiger partial charge is 0.251 e. The van der Waals surface area contributed by atoms with Crippen LogP contribution < -0.4 is 10.6 Å². The quantitative estimate of drug-likeness (QED) is 0.870. The molecule has 0 radical (unpaired) electrons. The van der Waals surface area contributed by atoms with Crippen LogP contribution in [0.1, 0.15) is 72.0 Å². The Bertz CT molecular complexity index is 753. The highest BCUT2D eigenvalue weighted by atomic mass is 16.1. The number of amides is 1. The van der Waals surface area contributed by atoms with E-state index in [9.17, 15) is 4.79 Å². The first kappa shape index (κ1) is 18.2. The summed E-state index contributed by atoms with van der Waals surface area (Å²) < 4.78 is 2.09. The molecule has 1 saturated heterocycles. The second-order valence-corrected chi connectivity index (χ2v) is 8.12. The van der Waals surface area contributed by atoms with E-state index in [0.717, 1.165) is 44.3 Å². The highest BCUT2D eigenvalue weighted by Gasteiger charge is 2.24. The van der Waals surface area contributed by atoms with Gasteiger partial charge in [0.2, 0.25) is 0 Å². The monoisotopic (exact) mass is 366 g/mol. The highest BCUT2D eigenvalue weighted by molar-refractivity contribution is 5.94. The number of aryl methyl sites for hydroxylation is 1. The molecule has 5 nitrogen and oxygen atoms in total. The number of rotatable bonds is 4. The molecule has 1 aliphatic carbocycles. The molecule has 2 N–H and O–H groups in total. The Balaban J connectivity index is 1.29. The van der Waals surface area contributed by atoms with Crippen molar-refractivity contribution in [3.8, 4) is 0 Å². The number of piperidine rings is 1. The summed E-state index contributed by atoms with van der Waals surface area (Å²) in [6.45, 7) is 4.26. The molecule has 1 saturated carbocycles. The van der Waals surface area contributed by atoms with Crippen LogP contribution in [0.5, 0.6) is 0 Å². The van der Waals surface area contributed by atoms with Crippen LogP contribution in [-0.2, 0) is 0 Å². The molecule has 1 aromatic carbocycles. The topological polar surface area (TPSA) is 59.0 Å². The Morgan fingerprint density at radius 3 is 2.41 bits per heavy atom. The molecule has 5 heteroatoms. The van der Waals surface area contributed by atoms with Gasteiger partial charge in [0.1, 0.15) is 0 Å². The SMILES string of the molecule is Cc1cnn(C2CCC(NC(=O)c3ccc(C4CCNCC4)cc3)CC2)c1. The minimum absolute atomic E-state index is 0.0604. The van der Waals surface area contributed by atoms with Gasteiger partial charge in [0.15, 0.2) is 0 Å². The molecule has 144 valence electrons. The van der Waals surface area contributed by atoms with E-state index in [0.29, 0.717) is 12.0 Å². The number of hydrogen-bond donors (Lipinski definition) is 2. The van der Waals surface area contributed by atoms with Gasteiger partial charge in [-0.1, -0.05) is 12.1 Å². The second-order valence-electron chi connectivity index (χ2n) is 8.12. The largest absolute Gasteiger partial charge is 0.349 e. The van der Waals surface area contributed by atoms with E-state index in [1.54, 1.807) is 0 Å². The van der Waals surface area contributed by atoms with E-state index in [2.05, 4.69) is 45.7 Å². The predicted octanol–water partition coefficient (Wildman–Crippen LogP) is 3.57. The van der Waals surface area contributed by atoms with Gasteiger partial charge in [0.25, 0.3) is 5.91 Å². The van der Waals surface area contributed by atoms with Gasteiger partial charge in [0.05, 0.1) is 12.2 Å². The van der Waals surface area contributed by atoms with Crippen molar-refractivity contribution >= 4 is 5.91 Å². The fraction of sp³-hybridized carbons (Fsp3) is 0.545. The maximum Gasteiger partial charge on any atom is 0.251 e. The molecular weight excluding hydrogens is 336 g/mol. The predicted molar refractivity (Wildman–Crippen MR) is 107 cm³/mol. The minimum Gasteiger partial charge on any atom is -0.349 e. The Labute approximate surface area is 161 Å². The van der Waals surface area contributed by atoms with Crippen molar-refractivity contribution in [3.05, 3.63) is 53.3 Å². The van der Waals surface area contributed by atoms with E-state index >= 15 is 0 Å². The van der Waals surface area contributed by atoms with Crippen LogP contribution in [0.2, 0.25) is 0 Å². The molecule has 2 aliphatic rings. The van der Waals surface area contributed by atoms with Crippen molar-refractivity contribution < 1.29 is 4.79 Å². The maximum atomic E-state index is 12.6. The first-order valence-electron chi connectivity index (χ1n) is 10.3. The molecule has 0 bridgehead atoms. The maximum absolute atomic E-state index is 12.6. The van der Waals surface area contributed by atoms with Crippen LogP contribution in [0.3, 0.4) is 0 Å². The molecule has 27 heavy (non-hydrogen) atoms. The van der Waals surface area contributed by atoms with Gasteiger partial charge >= 0.3 is 0 Å². The van der Waals surface area contributed by atoms with Gasteiger partial charge in [-0.15, -0.1) is 0 Å². The fourth-order valence-electron chi connectivity index (χ4n) is 4.45. The van der Waals surface area contributed by atoms with Gasteiger partial charge in [-0.25, -0.2) is 0 Å². The summed E-state index contributed by atoms with van der Waals surface area (Å²) in [5.74, 6) is 0.690. The summed E-state index contributed by atoms with van der Waals surface area (Å²) in [6.07, 6.45) is 10.6. The van der Waals surface area contributed by atoms with E-state index in [-0.39, 0.29) is 11.9 Å². The lowest BCUT2D eigenvalue weighted by Gasteiger charge is -2.29. The van der Waals surface area contributed by atoms with Crippen LogP contribution >= 0.6 is 0 Å². The molecule has 1 amide bonds. The third-order valence-corrected chi connectivity index (χ3v) is 6.12. The second kappa shape index (κ2) is 8.26. The average molecular weight is 367 g/mol. The van der Waals surface area contributed by atoms with Gasteiger partial charge in [-0.2, -0.15) is 5.10 Å². The summed E-state index contributed by atoms with van der Waals surface area (Å²) in [6, 6.07) is 9.00. The summed E-state index contributed by atoms with van der Waals surface area (Å²) >= 11 is 0. The van der Waals surface area contributed by atoms with Crippen molar-refractivity contribution in [2.45, 2.75) is 63.5 Å². The number of carbonyl (C=O) groups excluding carboxylic acids is 1. The lowest BCUT2D eigenvalue weighted by molar-refractivity contribution is 0.0921. The summed E-state index contributed by atoms with van der Waals surface area (Å²) in [7, 11) is 0. The van der Waals surface area contributed by atoms with Gasteiger partial charge in [0, 0.05) is 17.8 Å². The number of nitrogens with zero attached hydrogens (tertiary/aromatic N) is 2. The standard InChI is InChI=1S/C22H30N4O/c1-16-14-24-26(15-16)21-8-6-20(7-9-21)25-22(27)19-4-2-17(3-5-19)18-10-12-23-13-11-18/h2-5,14-15,18,20-21,23H,6-13H2,1H3,(H,25,27). The van der Waals surface area contributed by atoms with E-state index < -0.39 is 0 Å². The molecular formula is C22H30N4O. The number of aromatic nitrogens is 2. The van der Waals surface area contributed by atoms with Gasteiger partial charge < -0.3 is 10.6 Å². The fourth-order valence-corrected chi connectivity index (χ4v) is 4.45. The van der Waals surface area contributed by atoms with E-state index in [1.807, 2.05) is 18.3 Å². The third-order valence-electron chi connectivity index (χ3n) is 6.12. The number of hydrogen-bond acceptors (Lipinski definition) is 3. The molecule has 2 fully saturated rings. The first-order chi connectivity index (χ1) is 13.2. The molecule has 0 spiro atoms. The van der Waals surface area contributed by atoms with Crippen molar-refractivity contribution in [2.24, 2.45) is 0 Å². The Morgan fingerprint density at radius 1 is 1.07 bits per heavy atom. The van der Waals surface area contributed by atoms with E-state index in [1.165, 1.54) is 24.0 Å². The molecule has 1 aromatic heterocycles. The molecule has 0 unspecified atom stereocenters. The Kier molecular flexibility index (Phi) is 5.58. The van der Waals surface area contributed by atoms with Crippen molar-refractivity contribution in [1.29, 1.82) is 0 Å². The highest BCUT2D eigenvalue weighted by Crippen LogP contribution is 2.29. The normalized spacial score (nSPS) is 23.9. The van der Waals surface area contributed by atoms with Crippen molar-refractivity contribution in [2.75, 3.05) is 13.1 Å². The van der Waals surface area contributed by atoms with Gasteiger partial charge in [-0.05, 0) is 87.7 Å². The zero-order valence-electron chi connectivity index (χ0n) is 16.2. The summed E-state index contributed by atoms with van der Waals surface area (Å²) in [4.78, 5) is 12.6. The molecule has 4 rings (SSSR count). The van der Waals surface area contributed by atoms with Crippen LogP contribution in [0.4, 0.5) is 0 Å². The van der Waals surface area contributed by atoms with Crippen molar-refractivity contribution in [3.63, 3.8) is 0 Å². The summed E-state index contributed by atoms with van der Waals surface area (Å²) in [5, 5.41) is 11.1. The lowest BCUT2D eigenvalue weighted by Crippen LogP contribution is -2.38. The van der Waals surface area contributed by atoms with Crippen LogP contribution in [0.25, 0.3) is 0 Å². The average Bonchev–Trinajstić information content (AvgIpc) is 3.16. The Morgan fingerprint density at radius 2 is 1.78 bits per heavy atom. The minimum atomic E-state index is 0.0604. The molecule has 2 heterocycles. The Hall–Kier alpha value is -2.14. The van der Waals surface area contributed by atoms with Crippen LogP contribution in [-0.4, -0.2) is 34.8 Å². The van der Waals surface area contributed by atoms with E-state index in [4.69, 9.17) is 0 Å². The number of nitrogens with one attached hydrogen (secondary N) is 2. The van der Waals surface area contributed by atoms with Gasteiger partial charge in [-0.3, -0.25) is 9.48 Å². The van der Waals surface area contributed by atoms with Crippen LogP contribution in [0, 0.1) is 6.92 Å². The summed E-state index contributed by atoms with van der Waals surface area (Å²) in [5.41, 5.74) is 3.35. The number of carbonyl (C=O) groups is 1. The zero-order valence-corrected chi connectivity index (χ0v) is 16.2. The molecule has 0 atom stereocenters. The van der Waals surface area contributed by atoms with Crippen molar-refractivity contribution in [1.82, 2.24) is 20.4 Å². The number of benzene rings is 1. The zero-order chi connectivity index (χ0) is 18.6. The molecule has 2 aromatic rings. The first-order valence-corrected chi connectivity index (χ1v) is 10.3.